The number of carboxylic acids is 1. The van der Waals surface area contributed by atoms with Gasteiger partial charge in [-0.1, -0.05) is 37.3 Å². The summed E-state index contributed by atoms with van der Waals surface area (Å²) in [4.78, 5) is 24.9. The van der Waals surface area contributed by atoms with Gasteiger partial charge in [0.25, 0.3) is 5.91 Å². The second kappa shape index (κ2) is 8.55. The molecule has 2 rings (SSSR count). The average molecular weight is 343 g/mol. The van der Waals surface area contributed by atoms with Crippen molar-refractivity contribution in [1.82, 2.24) is 5.32 Å². The Labute approximate surface area is 146 Å². The number of hydrogen-bond acceptors (Lipinski definition) is 3. The van der Waals surface area contributed by atoms with Gasteiger partial charge in [-0.05, 0) is 42.0 Å². The van der Waals surface area contributed by atoms with Crippen LogP contribution in [0.25, 0.3) is 0 Å². The maximum Gasteiger partial charge on any atom is 0.305 e. The molecule has 5 heteroatoms. The first kappa shape index (κ1) is 18.1. The number of carboxylic acid groups (broad SMARTS) is 1. The third-order valence-corrected chi connectivity index (χ3v) is 4.59. The third-order valence-electron chi connectivity index (χ3n) is 3.85. The van der Waals surface area contributed by atoms with Crippen molar-refractivity contribution < 1.29 is 14.7 Å². The number of thioether (sulfide) groups is 1. The number of amides is 1. The molecule has 1 atom stereocenters. The molecule has 2 aromatic carbocycles. The standard InChI is InChI=1S/C19H21NO3S/c1-3-13-6-4-5-7-16(13)19(23)20-17(12-18(21)22)14-8-10-15(24-2)11-9-14/h4-11,17H,3,12H2,1-2H3,(H,20,23)(H,21,22). The molecule has 0 spiro atoms. The number of carbonyl (C=O) groups excluding carboxylic acids is 1. The molecule has 0 aliphatic rings. The fourth-order valence-corrected chi connectivity index (χ4v) is 2.96. The molecule has 24 heavy (non-hydrogen) atoms. The summed E-state index contributed by atoms with van der Waals surface area (Å²) in [5, 5.41) is 12.0. The van der Waals surface area contributed by atoms with Crippen molar-refractivity contribution in [2.24, 2.45) is 0 Å². The molecular weight excluding hydrogens is 322 g/mol. The molecule has 0 saturated heterocycles. The van der Waals surface area contributed by atoms with Gasteiger partial charge in [-0.25, -0.2) is 0 Å². The number of aliphatic carboxylic acids is 1. The Balaban J connectivity index is 2.24. The fraction of sp³-hybridized carbons (Fsp3) is 0.263. The molecule has 1 unspecified atom stereocenters. The van der Waals surface area contributed by atoms with Crippen LogP contribution in [-0.4, -0.2) is 23.2 Å². The predicted octanol–water partition coefficient (Wildman–Crippen LogP) is 3.92. The minimum Gasteiger partial charge on any atom is -0.481 e. The second-order valence-electron chi connectivity index (χ2n) is 5.41. The number of rotatable bonds is 7. The van der Waals surface area contributed by atoms with E-state index in [2.05, 4.69) is 5.32 Å². The van der Waals surface area contributed by atoms with E-state index in [9.17, 15) is 14.7 Å². The molecule has 2 N–H and O–H groups in total. The molecule has 2 aromatic rings. The van der Waals surface area contributed by atoms with E-state index in [0.29, 0.717) is 5.56 Å². The molecule has 0 aliphatic carbocycles. The van der Waals surface area contributed by atoms with E-state index in [1.54, 1.807) is 17.8 Å². The third kappa shape index (κ3) is 4.61. The topological polar surface area (TPSA) is 66.4 Å². The normalized spacial score (nSPS) is 11.8. The quantitative estimate of drug-likeness (QED) is 0.748. The maximum atomic E-state index is 12.6. The van der Waals surface area contributed by atoms with E-state index in [1.807, 2.05) is 55.6 Å². The zero-order chi connectivity index (χ0) is 17.5. The molecule has 0 radical (unpaired) electrons. The highest BCUT2D eigenvalue weighted by Gasteiger charge is 2.20. The van der Waals surface area contributed by atoms with Crippen LogP contribution in [0.4, 0.5) is 0 Å². The van der Waals surface area contributed by atoms with Crippen LogP contribution in [-0.2, 0) is 11.2 Å². The van der Waals surface area contributed by atoms with Crippen LogP contribution in [0, 0.1) is 0 Å². The Morgan fingerprint density at radius 1 is 1.12 bits per heavy atom. The highest BCUT2D eigenvalue weighted by molar-refractivity contribution is 7.98. The first-order valence-electron chi connectivity index (χ1n) is 7.79. The minimum absolute atomic E-state index is 0.154. The smallest absolute Gasteiger partial charge is 0.305 e. The average Bonchev–Trinajstić information content (AvgIpc) is 2.60. The number of aryl methyl sites for hydroxylation is 1. The van der Waals surface area contributed by atoms with Gasteiger partial charge in [-0.15, -0.1) is 11.8 Å². The summed E-state index contributed by atoms with van der Waals surface area (Å²) in [5.74, 6) is -1.19. The van der Waals surface area contributed by atoms with Crippen molar-refractivity contribution >= 4 is 23.6 Å². The van der Waals surface area contributed by atoms with Crippen LogP contribution in [0.1, 0.15) is 40.9 Å². The zero-order valence-electron chi connectivity index (χ0n) is 13.8. The van der Waals surface area contributed by atoms with Gasteiger partial charge < -0.3 is 10.4 Å². The van der Waals surface area contributed by atoms with Gasteiger partial charge >= 0.3 is 5.97 Å². The summed E-state index contributed by atoms with van der Waals surface area (Å²) < 4.78 is 0. The Morgan fingerprint density at radius 2 is 1.79 bits per heavy atom. The van der Waals surface area contributed by atoms with Crippen LogP contribution < -0.4 is 5.32 Å². The first-order valence-corrected chi connectivity index (χ1v) is 9.02. The van der Waals surface area contributed by atoms with Crippen LogP contribution in [0.3, 0.4) is 0 Å². The highest BCUT2D eigenvalue weighted by atomic mass is 32.2. The Kier molecular flexibility index (Phi) is 6.44. The number of hydrogen-bond donors (Lipinski definition) is 2. The van der Waals surface area contributed by atoms with Crippen molar-refractivity contribution in [3.63, 3.8) is 0 Å². The predicted molar refractivity (Wildman–Crippen MR) is 96.5 cm³/mol. The molecular formula is C19H21NO3S. The summed E-state index contributed by atoms with van der Waals surface area (Å²) in [6, 6.07) is 14.4. The van der Waals surface area contributed by atoms with E-state index >= 15 is 0 Å². The van der Waals surface area contributed by atoms with Crippen LogP contribution in [0.15, 0.2) is 53.4 Å². The minimum atomic E-state index is -0.946. The molecule has 0 heterocycles. The number of carbonyl (C=O) groups is 2. The SMILES string of the molecule is CCc1ccccc1C(=O)NC(CC(=O)O)c1ccc(SC)cc1. The van der Waals surface area contributed by atoms with Gasteiger partial charge in [-0.2, -0.15) is 0 Å². The molecule has 0 saturated carbocycles. The largest absolute Gasteiger partial charge is 0.481 e. The highest BCUT2D eigenvalue weighted by Crippen LogP contribution is 2.22. The van der Waals surface area contributed by atoms with Crippen molar-refractivity contribution in [2.45, 2.75) is 30.7 Å². The Morgan fingerprint density at radius 3 is 2.38 bits per heavy atom. The second-order valence-corrected chi connectivity index (χ2v) is 6.29. The van der Waals surface area contributed by atoms with E-state index in [1.165, 1.54) is 0 Å². The lowest BCUT2D eigenvalue weighted by atomic mass is 10.0. The van der Waals surface area contributed by atoms with Gasteiger partial charge in [0.05, 0.1) is 12.5 Å². The van der Waals surface area contributed by atoms with E-state index in [4.69, 9.17) is 0 Å². The summed E-state index contributed by atoms with van der Waals surface area (Å²) in [7, 11) is 0. The number of nitrogens with one attached hydrogen (secondary N) is 1. The van der Waals surface area contributed by atoms with Crippen molar-refractivity contribution in [3.05, 3.63) is 65.2 Å². The lowest BCUT2D eigenvalue weighted by Gasteiger charge is -2.19. The molecule has 126 valence electrons. The summed E-state index contributed by atoms with van der Waals surface area (Å²) in [5.41, 5.74) is 2.33. The van der Waals surface area contributed by atoms with Crippen molar-refractivity contribution in [1.29, 1.82) is 0 Å². The lowest BCUT2D eigenvalue weighted by Crippen LogP contribution is -2.30. The molecule has 0 bridgehead atoms. The summed E-state index contributed by atoms with van der Waals surface area (Å²) in [6.07, 6.45) is 2.57. The summed E-state index contributed by atoms with van der Waals surface area (Å²) >= 11 is 1.62. The van der Waals surface area contributed by atoms with Crippen LogP contribution in [0.2, 0.25) is 0 Å². The number of benzene rings is 2. The molecule has 4 nitrogen and oxygen atoms in total. The molecule has 0 fully saturated rings. The molecule has 0 aliphatic heterocycles. The Bertz CT molecular complexity index is 713. The molecule has 1 amide bonds. The van der Waals surface area contributed by atoms with Crippen molar-refractivity contribution in [3.8, 4) is 0 Å². The Hall–Kier alpha value is -2.27. The molecule has 0 aromatic heterocycles. The summed E-state index contributed by atoms with van der Waals surface area (Å²) in [6.45, 7) is 1.99. The van der Waals surface area contributed by atoms with Gasteiger partial charge in [0.1, 0.15) is 0 Å². The van der Waals surface area contributed by atoms with Gasteiger partial charge in [0.15, 0.2) is 0 Å². The van der Waals surface area contributed by atoms with E-state index in [-0.39, 0.29) is 12.3 Å². The fourth-order valence-electron chi connectivity index (χ4n) is 2.55. The van der Waals surface area contributed by atoms with E-state index < -0.39 is 12.0 Å². The van der Waals surface area contributed by atoms with Crippen LogP contribution in [0.5, 0.6) is 0 Å². The van der Waals surface area contributed by atoms with Gasteiger partial charge in [0, 0.05) is 10.5 Å². The maximum absolute atomic E-state index is 12.6. The van der Waals surface area contributed by atoms with Gasteiger partial charge in [0.2, 0.25) is 0 Å². The van der Waals surface area contributed by atoms with Gasteiger partial charge in [-0.3, -0.25) is 9.59 Å². The zero-order valence-corrected chi connectivity index (χ0v) is 14.6. The lowest BCUT2D eigenvalue weighted by molar-refractivity contribution is -0.137. The van der Waals surface area contributed by atoms with E-state index in [0.717, 1.165) is 22.4 Å². The first-order chi connectivity index (χ1) is 11.5. The monoisotopic (exact) mass is 343 g/mol. The van der Waals surface area contributed by atoms with Crippen molar-refractivity contribution in [2.75, 3.05) is 6.26 Å². The van der Waals surface area contributed by atoms with Crippen LogP contribution >= 0.6 is 11.8 Å².